The maximum absolute atomic E-state index is 12.0. The van der Waals surface area contributed by atoms with Crippen molar-refractivity contribution in [1.82, 2.24) is 5.32 Å². The van der Waals surface area contributed by atoms with E-state index in [1.807, 2.05) is 0 Å². The lowest BCUT2D eigenvalue weighted by Crippen LogP contribution is -2.40. The Bertz CT molecular complexity index is 134. The van der Waals surface area contributed by atoms with Gasteiger partial charge in [-0.25, -0.2) is 8.78 Å². The van der Waals surface area contributed by atoms with Crippen LogP contribution in [0.15, 0.2) is 0 Å². The number of hydrogen-bond donors (Lipinski definition) is 2. The number of rotatable bonds is 4. The Hall–Kier alpha value is -0.430. The van der Waals surface area contributed by atoms with E-state index >= 15 is 0 Å². The van der Waals surface area contributed by atoms with Crippen molar-refractivity contribution in [2.75, 3.05) is 19.7 Å². The molecule has 0 aromatic carbocycles. The molecule has 0 spiro atoms. The zero-order valence-corrected chi connectivity index (χ0v) is 5.96. The van der Waals surface area contributed by atoms with E-state index in [0.717, 1.165) is 0 Å². The molecule has 0 saturated heterocycles. The van der Waals surface area contributed by atoms with Gasteiger partial charge < -0.3 is 10.4 Å². The quantitative estimate of drug-likeness (QED) is 0.646. The summed E-state index contributed by atoms with van der Waals surface area (Å²) in [5, 5.41) is 9.43. The van der Waals surface area contributed by atoms with Crippen LogP contribution < -0.4 is 5.32 Å². The topological polar surface area (TPSA) is 32.3 Å². The third-order valence-electron chi connectivity index (χ3n) is 0.940. The molecule has 74 valence electrons. The minimum absolute atomic E-state index is 1.18. The molecule has 0 fully saturated rings. The number of halogens is 5. The summed E-state index contributed by atoms with van der Waals surface area (Å²) in [5.74, 6) is -3.49. The van der Waals surface area contributed by atoms with Crippen LogP contribution in [0.1, 0.15) is 0 Å². The second-order valence-electron chi connectivity index (χ2n) is 2.23. The monoisotopic (exact) mass is 193 g/mol. The van der Waals surface area contributed by atoms with Gasteiger partial charge in [0.2, 0.25) is 0 Å². The van der Waals surface area contributed by atoms with E-state index in [0.29, 0.717) is 0 Å². The van der Waals surface area contributed by atoms with Crippen LogP contribution >= 0.6 is 0 Å². The third kappa shape index (κ3) is 6.29. The predicted octanol–water partition coefficient (Wildman–Crippen LogP) is 0.766. The molecule has 0 aliphatic carbocycles. The van der Waals surface area contributed by atoms with Crippen molar-refractivity contribution >= 4 is 0 Å². The van der Waals surface area contributed by atoms with E-state index in [2.05, 4.69) is 0 Å². The fraction of sp³-hybridized carbons (Fsp3) is 1.00. The molecule has 0 rings (SSSR count). The average molecular weight is 193 g/mol. The van der Waals surface area contributed by atoms with Gasteiger partial charge in [0.15, 0.2) is 0 Å². The molecule has 0 aromatic rings. The van der Waals surface area contributed by atoms with Crippen LogP contribution in [-0.4, -0.2) is 36.9 Å². The number of aliphatic hydroxyl groups excluding tert-OH is 1. The maximum atomic E-state index is 12.0. The molecule has 0 heterocycles. The van der Waals surface area contributed by atoms with Gasteiger partial charge in [-0.2, -0.15) is 13.2 Å². The van der Waals surface area contributed by atoms with Crippen molar-refractivity contribution in [3.05, 3.63) is 0 Å². The summed E-state index contributed by atoms with van der Waals surface area (Å²) in [6, 6.07) is 0. The van der Waals surface area contributed by atoms with E-state index in [1.54, 1.807) is 0 Å². The zero-order chi connectivity index (χ0) is 9.83. The minimum Gasteiger partial charge on any atom is -0.390 e. The summed E-state index contributed by atoms with van der Waals surface area (Å²) in [6.07, 6.45) is -4.51. The van der Waals surface area contributed by atoms with Gasteiger partial charge in [-0.3, -0.25) is 0 Å². The lowest BCUT2D eigenvalue weighted by Gasteiger charge is -2.14. The highest BCUT2D eigenvalue weighted by atomic mass is 19.4. The first-order valence-electron chi connectivity index (χ1n) is 3.03. The number of nitrogens with one attached hydrogen (secondary N) is 1. The van der Waals surface area contributed by atoms with Crippen LogP contribution in [0.4, 0.5) is 22.0 Å². The molecule has 0 aromatic heterocycles. The molecule has 0 unspecified atom stereocenters. The van der Waals surface area contributed by atoms with Crippen LogP contribution in [0.3, 0.4) is 0 Å². The molecular weight excluding hydrogens is 185 g/mol. The van der Waals surface area contributed by atoms with Crippen molar-refractivity contribution in [3.63, 3.8) is 0 Å². The molecule has 0 aliphatic rings. The summed E-state index contributed by atoms with van der Waals surface area (Å²) in [4.78, 5) is 0. The summed E-state index contributed by atoms with van der Waals surface area (Å²) in [7, 11) is 0. The Morgan fingerprint density at radius 1 is 1.00 bits per heavy atom. The molecule has 0 bridgehead atoms. The zero-order valence-electron chi connectivity index (χ0n) is 5.96. The standard InChI is InChI=1S/C5H8F5NO/c6-4(7,3-12)1-11-2-5(8,9)10/h11-12H,1-3H2. The Kier molecular flexibility index (Phi) is 3.85. The van der Waals surface area contributed by atoms with Gasteiger partial charge in [0.05, 0.1) is 13.1 Å². The largest absolute Gasteiger partial charge is 0.401 e. The van der Waals surface area contributed by atoms with Gasteiger partial charge in [-0.05, 0) is 0 Å². The van der Waals surface area contributed by atoms with Crippen LogP contribution in [0.5, 0.6) is 0 Å². The number of hydrogen-bond acceptors (Lipinski definition) is 2. The third-order valence-corrected chi connectivity index (χ3v) is 0.940. The first-order chi connectivity index (χ1) is 5.27. The van der Waals surface area contributed by atoms with Crippen LogP contribution in [0.2, 0.25) is 0 Å². The van der Waals surface area contributed by atoms with Gasteiger partial charge in [-0.1, -0.05) is 0 Å². The maximum Gasteiger partial charge on any atom is 0.401 e. The summed E-state index contributed by atoms with van der Waals surface area (Å²) < 4.78 is 58.2. The summed E-state index contributed by atoms with van der Waals surface area (Å²) in [5.41, 5.74) is 0. The number of alkyl halides is 5. The van der Waals surface area contributed by atoms with E-state index < -0.39 is 31.8 Å². The molecule has 0 radical (unpaired) electrons. The molecule has 7 heteroatoms. The van der Waals surface area contributed by atoms with Gasteiger partial charge >= 0.3 is 6.18 Å². The van der Waals surface area contributed by atoms with Crippen LogP contribution in [-0.2, 0) is 0 Å². The SMILES string of the molecule is OCC(F)(F)CNCC(F)(F)F. The Balaban J connectivity index is 3.57. The highest BCUT2D eigenvalue weighted by Gasteiger charge is 2.31. The average Bonchev–Trinajstić information content (AvgIpc) is 1.84. The first-order valence-corrected chi connectivity index (χ1v) is 3.03. The van der Waals surface area contributed by atoms with E-state index in [9.17, 15) is 22.0 Å². The minimum atomic E-state index is -4.51. The molecule has 0 amide bonds. The van der Waals surface area contributed by atoms with Crippen molar-refractivity contribution < 1.29 is 27.1 Å². The molecular formula is C5H8F5NO. The summed E-state index contributed by atoms with van der Waals surface area (Å²) in [6.45, 7) is -4.12. The Morgan fingerprint density at radius 2 is 1.50 bits per heavy atom. The highest BCUT2D eigenvalue weighted by Crippen LogP contribution is 2.14. The summed E-state index contributed by atoms with van der Waals surface area (Å²) >= 11 is 0. The molecule has 12 heavy (non-hydrogen) atoms. The number of aliphatic hydroxyl groups is 1. The lowest BCUT2D eigenvalue weighted by molar-refractivity contribution is -0.129. The Labute approximate surface area is 65.4 Å². The van der Waals surface area contributed by atoms with Crippen molar-refractivity contribution in [2.24, 2.45) is 0 Å². The van der Waals surface area contributed by atoms with E-state index in [4.69, 9.17) is 5.11 Å². The van der Waals surface area contributed by atoms with Gasteiger partial charge in [0, 0.05) is 0 Å². The Morgan fingerprint density at radius 3 is 1.83 bits per heavy atom. The van der Waals surface area contributed by atoms with Crippen LogP contribution in [0.25, 0.3) is 0 Å². The fourth-order valence-electron chi connectivity index (χ4n) is 0.443. The normalized spacial score (nSPS) is 13.5. The van der Waals surface area contributed by atoms with E-state index in [1.165, 1.54) is 5.32 Å². The van der Waals surface area contributed by atoms with Gasteiger partial charge in [-0.15, -0.1) is 0 Å². The van der Waals surface area contributed by atoms with Gasteiger partial charge in [0.25, 0.3) is 5.92 Å². The molecule has 2 nitrogen and oxygen atoms in total. The van der Waals surface area contributed by atoms with Crippen molar-refractivity contribution in [1.29, 1.82) is 0 Å². The molecule has 0 aliphatic heterocycles. The molecule has 0 saturated carbocycles. The second kappa shape index (κ2) is 3.99. The molecule has 2 N–H and O–H groups in total. The fourth-order valence-corrected chi connectivity index (χ4v) is 0.443. The van der Waals surface area contributed by atoms with Crippen molar-refractivity contribution in [2.45, 2.75) is 12.1 Å². The van der Waals surface area contributed by atoms with Crippen LogP contribution in [0, 0.1) is 0 Å². The predicted molar refractivity (Wildman–Crippen MR) is 31.0 cm³/mol. The van der Waals surface area contributed by atoms with Crippen molar-refractivity contribution in [3.8, 4) is 0 Å². The highest BCUT2D eigenvalue weighted by molar-refractivity contribution is 4.68. The van der Waals surface area contributed by atoms with Gasteiger partial charge in [0.1, 0.15) is 6.61 Å². The second-order valence-corrected chi connectivity index (χ2v) is 2.23. The lowest BCUT2D eigenvalue weighted by atomic mass is 10.3. The first kappa shape index (κ1) is 11.6. The smallest absolute Gasteiger partial charge is 0.390 e. The van der Waals surface area contributed by atoms with E-state index in [-0.39, 0.29) is 0 Å². The molecule has 0 atom stereocenters.